The van der Waals surface area contributed by atoms with Crippen molar-refractivity contribution in [1.29, 1.82) is 0 Å². The molecule has 1 aromatic carbocycles. The van der Waals surface area contributed by atoms with E-state index in [2.05, 4.69) is 54.6 Å². The fourth-order valence-corrected chi connectivity index (χ4v) is 4.02. The van der Waals surface area contributed by atoms with Gasteiger partial charge in [0, 0.05) is 5.56 Å². The molecule has 206 valence electrons. The van der Waals surface area contributed by atoms with E-state index in [1.165, 1.54) is 4.80 Å². The van der Waals surface area contributed by atoms with E-state index in [0.29, 0.717) is 5.82 Å². The minimum atomic E-state index is -2.01. The number of alkyl carbamates (subject to hydrolysis) is 1. The van der Waals surface area contributed by atoms with Gasteiger partial charge in [-0.15, -0.1) is 10.2 Å². The summed E-state index contributed by atoms with van der Waals surface area (Å²) in [6.07, 6.45) is -0.722. The van der Waals surface area contributed by atoms with Gasteiger partial charge in [0.2, 0.25) is 14.1 Å². The quantitative estimate of drug-likeness (QED) is 0.356. The molecule has 11 heteroatoms. The van der Waals surface area contributed by atoms with Crippen LogP contribution in [0.1, 0.15) is 68.7 Å². The first-order chi connectivity index (χ1) is 16.7. The van der Waals surface area contributed by atoms with E-state index in [1.54, 1.807) is 41.5 Å². The van der Waals surface area contributed by atoms with Crippen LogP contribution in [0.3, 0.4) is 0 Å². The van der Waals surface area contributed by atoms with Crippen LogP contribution < -0.4 is 9.74 Å². The van der Waals surface area contributed by atoms with E-state index < -0.39 is 37.6 Å². The van der Waals surface area contributed by atoms with Crippen LogP contribution in [0.25, 0.3) is 11.4 Å². The Hall–Kier alpha value is -2.95. The highest BCUT2D eigenvalue weighted by atomic mass is 28.4. The third kappa shape index (κ3) is 10.1. The number of amides is 1. The fourth-order valence-electron chi connectivity index (χ4n) is 3.00. The number of aromatic nitrogens is 4. The second-order valence-electron chi connectivity index (χ2n) is 12.7. The number of benzene rings is 1. The smallest absolute Gasteiger partial charge is 0.407 e. The maximum atomic E-state index is 12.5. The number of hydrogen-bond acceptors (Lipinski definition) is 8. The third-order valence-electron chi connectivity index (χ3n) is 5.66. The highest BCUT2D eigenvalue weighted by molar-refractivity contribution is 6.74. The summed E-state index contributed by atoms with van der Waals surface area (Å²) in [6.45, 7) is 21.7. The Morgan fingerprint density at radius 1 is 1.00 bits per heavy atom. The molecule has 0 unspecified atom stereocenters. The minimum Gasteiger partial charge on any atom is -0.543 e. The van der Waals surface area contributed by atoms with E-state index in [9.17, 15) is 9.59 Å². The van der Waals surface area contributed by atoms with Crippen LogP contribution in [0.15, 0.2) is 24.3 Å². The van der Waals surface area contributed by atoms with Crippen LogP contribution >= 0.6 is 0 Å². The molecule has 1 aromatic heterocycles. The molecule has 0 aliphatic carbocycles. The molecule has 0 fully saturated rings. The van der Waals surface area contributed by atoms with E-state index in [-0.39, 0.29) is 18.0 Å². The topological polar surface area (TPSA) is 117 Å². The van der Waals surface area contributed by atoms with Gasteiger partial charge in [0.05, 0.1) is 19.0 Å². The fraction of sp³-hybridized carbons (Fsp3) is 0.654. The molecule has 1 atom stereocenters. The molecule has 0 bridgehead atoms. The Kier molecular flexibility index (Phi) is 9.16. The lowest BCUT2D eigenvalue weighted by Gasteiger charge is -2.36. The average molecular weight is 534 g/mol. The van der Waals surface area contributed by atoms with Crippen LogP contribution in [0.2, 0.25) is 18.1 Å². The van der Waals surface area contributed by atoms with Gasteiger partial charge in [-0.2, -0.15) is 4.80 Å². The Labute approximate surface area is 221 Å². The molecule has 37 heavy (non-hydrogen) atoms. The van der Waals surface area contributed by atoms with Crippen molar-refractivity contribution in [3.05, 3.63) is 24.3 Å². The molecule has 1 amide bonds. The number of tetrazole rings is 1. The summed E-state index contributed by atoms with van der Waals surface area (Å²) >= 11 is 0. The molecule has 0 saturated carbocycles. The molecule has 1 N–H and O–H groups in total. The highest BCUT2D eigenvalue weighted by Gasteiger charge is 2.39. The number of nitrogens with zero attached hydrogens (tertiary/aromatic N) is 4. The molecule has 0 spiro atoms. The van der Waals surface area contributed by atoms with Crippen LogP contribution in [0.4, 0.5) is 4.79 Å². The van der Waals surface area contributed by atoms with Crippen molar-refractivity contribution in [1.82, 2.24) is 25.5 Å². The van der Waals surface area contributed by atoms with E-state index in [4.69, 9.17) is 13.9 Å². The van der Waals surface area contributed by atoms with Crippen molar-refractivity contribution < 1.29 is 23.5 Å². The largest absolute Gasteiger partial charge is 0.543 e. The monoisotopic (exact) mass is 533 g/mol. The van der Waals surface area contributed by atoms with Crippen molar-refractivity contribution in [3.8, 4) is 17.1 Å². The molecule has 10 nitrogen and oxygen atoms in total. The standard InChI is InChI=1S/C26H43N5O5Si/c1-24(2,3)34-21(32)16-19(27-23(33)35-25(4,5)6)17-31-29-22(28-30-31)18-13-12-14-20(15-18)36-37(10,11)26(7,8)9/h12-15,19H,16-17H2,1-11H3,(H,27,33)/t19-/m1/s1. The summed E-state index contributed by atoms with van der Waals surface area (Å²) in [6, 6.07) is 6.94. The molecular weight excluding hydrogens is 490 g/mol. The first-order valence-corrected chi connectivity index (χ1v) is 15.4. The predicted molar refractivity (Wildman–Crippen MR) is 145 cm³/mol. The zero-order chi connectivity index (χ0) is 28.2. The second kappa shape index (κ2) is 11.2. The van der Waals surface area contributed by atoms with Crippen LogP contribution in [0, 0.1) is 0 Å². The van der Waals surface area contributed by atoms with Gasteiger partial charge in [-0.3, -0.25) is 4.79 Å². The average Bonchev–Trinajstić information content (AvgIpc) is 3.12. The summed E-state index contributed by atoms with van der Waals surface area (Å²) in [4.78, 5) is 26.2. The Morgan fingerprint density at radius 3 is 2.19 bits per heavy atom. The summed E-state index contributed by atoms with van der Waals surface area (Å²) in [5, 5.41) is 15.6. The van der Waals surface area contributed by atoms with Gasteiger partial charge in [-0.1, -0.05) is 32.9 Å². The Balaban J connectivity index is 2.20. The van der Waals surface area contributed by atoms with Gasteiger partial charge in [0.1, 0.15) is 17.0 Å². The number of ether oxygens (including phenoxy) is 2. The first-order valence-electron chi connectivity index (χ1n) is 12.5. The van der Waals surface area contributed by atoms with Crippen molar-refractivity contribution in [2.24, 2.45) is 0 Å². The molecule has 0 aliphatic heterocycles. The zero-order valence-corrected chi connectivity index (χ0v) is 25.1. The lowest BCUT2D eigenvalue weighted by atomic mass is 10.1. The molecule has 0 saturated heterocycles. The van der Waals surface area contributed by atoms with E-state index >= 15 is 0 Å². The van der Waals surface area contributed by atoms with Gasteiger partial charge in [-0.25, -0.2) is 4.79 Å². The van der Waals surface area contributed by atoms with Gasteiger partial charge in [0.25, 0.3) is 0 Å². The highest BCUT2D eigenvalue weighted by Crippen LogP contribution is 2.37. The SMILES string of the molecule is CC(C)(C)OC(=O)C[C@H](Cn1nnc(-c2cccc(O[Si](C)(C)C(C)(C)C)c2)n1)NC(=O)OC(C)(C)C. The summed E-state index contributed by atoms with van der Waals surface area (Å²) in [5.74, 6) is 0.716. The first kappa shape index (κ1) is 30.3. The number of carbonyl (C=O) groups excluding carboxylic acids is 2. The number of nitrogens with one attached hydrogen (secondary N) is 1. The maximum Gasteiger partial charge on any atom is 0.407 e. The number of esters is 1. The summed E-state index contributed by atoms with van der Waals surface area (Å²) < 4.78 is 17.2. The van der Waals surface area contributed by atoms with Crippen molar-refractivity contribution in [2.45, 2.75) is 111 Å². The van der Waals surface area contributed by atoms with Gasteiger partial charge >= 0.3 is 12.1 Å². The minimum absolute atomic E-state index is 0.0642. The number of carbonyl (C=O) groups is 2. The maximum absolute atomic E-state index is 12.5. The number of rotatable bonds is 8. The van der Waals surface area contributed by atoms with E-state index in [0.717, 1.165) is 11.3 Å². The normalized spacial score (nSPS) is 13.6. The van der Waals surface area contributed by atoms with Gasteiger partial charge < -0.3 is 19.2 Å². The van der Waals surface area contributed by atoms with Crippen LogP contribution in [-0.2, 0) is 20.8 Å². The Morgan fingerprint density at radius 2 is 1.62 bits per heavy atom. The summed E-state index contributed by atoms with van der Waals surface area (Å²) in [5.41, 5.74) is -0.577. The predicted octanol–water partition coefficient (Wildman–Crippen LogP) is 5.35. The van der Waals surface area contributed by atoms with Crippen molar-refractivity contribution >= 4 is 20.4 Å². The molecule has 2 aromatic rings. The van der Waals surface area contributed by atoms with E-state index in [1.807, 2.05) is 24.3 Å². The molecule has 0 aliphatic rings. The Bertz CT molecular complexity index is 1050. The molecule has 2 rings (SSSR count). The van der Waals surface area contributed by atoms with Crippen molar-refractivity contribution in [2.75, 3.05) is 0 Å². The molecule has 0 radical (unpaired) electrons. The van der Waals surface area contributed by atoms with Crippen LogP contribution in [0.5, 0.6) is 5.75 Å². The zero-order valence-electron chi connectivity index (χ0n) is 24.1. The number of hydrogen-bond donors (Lipinski definition) is 1. The molecular formula is C26H43N5O5Si. The lowest BCUT2D eigenvalue weighted by molar-refractivity contribution is -0.155. The molecule has 1 heterocycles. The van der Waals surface area contributed by atoms with Crippen LogP contribution in [-0.4, -0.2) is 57.8 Å². The third-order valence-corrected chi connectivity index (χ3v) is 10.0. The second-order valence-corrected chi connectivity index (χ2v) is 17.4. The summed E-state index contributed by atoms with van der Waals surface area (Å²) in [7, 11) is -2.01. The van der Waals surface area contributed by atoms with Gasteiger partial charge in [0.15, 0.2) is 0 Å². The van der Waals surface area contributed by atoms with Crippen molar-refractivity contribution in [3.63, 3.8) is 0 Å². The van der Waals surface area contributed by atoms with Gasteiger partial charge in [-0.05, 0) is 77.0 Å². The lowest BCUT2D eigenvalue weighted by Crippen LogP contribution is -2.43.